The minimum absolute atomic E-state index is 0.0755. The Morgan fingerprint density at radius 3 is 2.39 bits per heavy atom. The number of aliphatic hydroxyl groups excluding tert-OH is 1. The Balaban J connectivity index is 2.81. The zero-order valence-corrected chi connectivity index (χ0v) is 11.2. The van der Waals surface area contributed by atoms with E-state index in [1.165, 1.54) is 24.3 Å². The van der Waals surface area contributed by atoms with Gasteiger partial charge in [-0.25, -0.2) is 13.1 Å². The fourth-order valence-electron chi connectivity index (χ4n) is 1.27. The first kappa shape index (κ1) is 15.1. The van der Waals surface area contributed by atoms with Crippen LogP contribution in [0.5, 0.6) is 0 Å². The third-order valence-corrected chi connectivity index (χ3v) is 3.95. The monoisotopic (exact) mass is 291 g/mol. The Morgan fingerprint density at radius 2 is 1.89 bits per heavy atom. The van der Waals surface area contributed by atoms with Crippen molar-refractivity contribution in [1.29, 1.82) is 0 Å². The van der Waals surface area contributed by atoms with E-state index in [1.807, 2.05) is 0 Å². The van der Waals surface area contributed by atoms with Crippen LogP contribution in [-0.2, 0) is 10.0 Å². The third-order valence-electron chi connectivity index (χ3n) is 2.23. The number of hydrogen-bond acceptors (Lipinski definition) is 4. The lowest BCUT2D eigenvalue weighted by molar-refractivity contribution is 0.102. The predicted molar refractivity (Wildman–Crippen MR) is 68.4 cm³/mol. The van der Waals surface area contributed by atoms with Gasteiger partial charge in [0.05, 0.1) is 10.8 Å². The first-order valence-electron chi connectivity index (χ1n) is 5.31. The maximum Gasteiger partial charge on any atom is 0.240 e. The van der Waals surface area contributed by atoms with Crippen LogP contribution in [-0.4, -0.2) is 38.3 Å². The van der Waals surface area contributed by atoms with Crippen molar-refractivity contribution < 1.29 is 18.3 Å². The number of halogens is 1. The molecule has 0 atom stereocenters. The molecule has 2 N–H and O–H groups in total. The number of carbonyl (C=O) groups is 1. The summed E-state index contributed by atoms with van der Waals surface area (Å²) in [6, 6.07) is 5.54. The minimum Gasteiger partial charge on any atom is -0.396 e. The van der Waals surface area contributed by atoms with Gasteiger partial charge in [-0.15, -0.1) is 11.6 Å². The Kier molecular flexibility index (Phi) is 5.74. The third kappa shape index (κ3) is 4.06. The van der Waals surface area contributed by atoms with Crippen molar-refractivity contribution in [1.82, 2.24) is 4.72 Å². The zero-order chi connectivity index (χ0) is 13.6. The van der Waals surface area contributed by atoms with E-state index < -0.39 is 10.0 Å². The highest BCUT2D eigenvalue weighted by Gasteiger charge is 2.13. The summed E-state index contributed by atoms with van der Waals surface area (Å²) in [5.74, 6) is -0.394. The maximum atomic E-state index is 11.8. The van der Waals surface area contributed by atoms with Gasteiger partial charge in [-0.3, -0.25) is 4.79 Å². The quantitative estimate of drug-likeness (QED) is 0.441. The Hall–Kier alpha value is -0.950. The molecule has 0 aromatic heterocycles. The molecular formula is C11H14ClNO4S. The molecule has 0 spiro atoms. The molecule has 100 valence electrons. The van der Waals surface area contributed by atoms with Crippen LogP contribution in [0.2, 0.25) is 0 Å². The van der Waals surface area contributed by atoms with Gasteiger partial charge in [-0.1, -0.05) is 12.1 Å². The summed E-state index contributed by atoms with van der Waals surface area (Å²) in [6.45, 7) is 0.0902. The fraction of sp³-hybridized carbons (Fsp3) is 0.364. The average Bonchev–Trinajstić information content (AvgIpc) is 2.38. The lowest BCUT2D eigenvalue weighted by Gasteiger charge is -2.06. The molecule has 1 rings (SSSR count). The number of nitrogens with one attached hydrogen (secondary N) is 1. The van der Waals surface area contributed by atoms with Gasteiger partial charge in [0.15, 0.2) is 5.78 Å². The van der Waals surface area contributed by atoms with E-state index in [1.54, 1.807) is 0 Å². The molecule has 0 fully saturated rings. The largest absolute Gasteiger partial charge is 0.396 e. The van der Waals surface area contributed by atoms with E-state index in [9.17, 15) is 13.2 Å². The molecule has 0 heterocycles. The molecule has 0 aliphatic heterocycles. The van der Waals surface area contributed by atoms with Crippen LogP contribution in [0.25, 0.3) is 0 Å². The van der Waals surface area contributed by atoms with E-state index in [0.717, 1.165) is 0 Å². The fourth-order valence-corrected chi connectivity index (χ4v) is 2.49. The highest BCUT2D eigenvalue weighted by molar-refractivity contribution is 7.89. The van der Waals surface area contributed by atoms with Gasteiger partial charge in [0.25, 0.3) is 0 Å². The van der Waals surface area contributed by atoms with Crippen LogP contribution in [0.4, 0.5) is 0 Å². The number of sulfonamides is 1. The number of rotatable bonds is 7. The standard InChI is InChI=1S/C11H14ClNO4S/c12-8-11(15)9-2-4-10(5-3-9)18(16,17)13-6-1-7-14/h2-5,13-14H,1,6-8H2. The normalized spacial score (nSPS) is 11.4. The summed E-state index contributed by atoms with van der Waals surface area (Å²) in [5.41, 5.74) is 0.374. The van der Waals surface area contributed by atoms with E-state index in [2.05, 4.69) is 4.72 Å². The molecule has 0 radical (unpaired) electrons. The average molecular weight is 292 g/mol. The van der Waals surface area contributed by atoms with Crippen LogP contribution in [0.1, 0.15) is 16.8 Å². The number of aliphatic hydroxyl groups is 1. The Morgan fingerprint density at radius 1 is 1.28 bits per heavy atom. The molecule has 0 aliphatic carbocycles. The summed E-state index contributed by atoms with van der Waals surface area (Å²) in [6.07, 6.45) is 0.349. The predicted octanol–water partition coefficient (Wildman–Crippen LogP) is 0.769. The van der Waals surface area contributed by atoms with Crippen LogP contribution >= 0.6 is 11.6 Å². The second kappa shape index (κ2) is 6.84. The van der Waals surface area contributed by atoms with E-state index in [-0.39, 0.29) is 29.7 Å². The molecule has 0 saturated heterocycles. The maximum absolute atomic E-state index is 11.8. The lowest BCUT2D eigenvalue weighted by Crippen LogP contribution is -2.25. The number of hydrogen-bond donors (Lipinski definition) is 2. The van der Waals surface area contributed by atoms with Crippen molar-refractivity contribution in [2.45, 2.75) is 11.3 Å². The Bertz CT molecular complexity index is 498. The highest BCUT2D eigenvalue weighted by atomic mass is 35.5. The molecule has 18 heavy (non-hydrogen) atoms. The second-order valence-electron chi connectivity index (χ2n) is 3.56. The first-order valence-corrected chi connectivity index (χ1v) is 7.33. The SMILES string of the molecule is O=C(CCl)c1ccc(S(=O)(=O)NCCCO)cc1. The van der Waals surface area contributed by atoms with Crippen molar-refractivity contribution in [3.63, 3.8) is 0 Å². The van der Waals surface area contributed by atoms with Crippen molar-refractivity contribution in [2.24, 2.45) is 0 Å². The van der Waals surface area contributed by atoms with Crippen molar-refractivity contribution in [2.75, 3.05) is 19.0 Å². The van der Waals surface area contributed by atoms with Crippen LogP contribution in [0.3, 0.4) is 0 Å². The van der Waals surface area contributed by atoms with Crippen molar-refractivity contribution in [3.8, 4) is 0 Å². The molecule has 0 saturated carbocycles. The molecule has 1 aromatic rings. The second-order valence-corrected chi connectivity index (χ2v) is 5.59. The highest BCUT2D eigenvalue weighted by Crippen LogP contribution is 2.11. The molecule has 0 amide bonds. The van der Waals surface area contributed by atoms with Gasteiger partial charge < -0.3 is 5.11 Å². The number of carbonyl (C=O) groups excluding carboxylic acids is 1. The molecule has 1 aromatic carbocycles. The van der Waals surface area contributed by atoms with Gasteiger partial charge in [0.2, 0.25) is 10.0 Å². The van der Waals surface area contributed by atoms with Crippen LogP contribution in [0.15, 0.2) is 29.2 Å². The first-order chi connectivity index (χ1) is 8.51. The van der Waals surface area contributed by atoms with Gasteiger partial charge in [-0.2, -0.15) is 0 Å². The van der Waals surface area contributed by atoms with Crippen LogP contribution < -0.4 is 4.72 Å². The summed E-state index contributed by atoms with van der Waals surface area (Å²) >= 11 is 5.40. The van der Waals surface area contributed by atoms with Gasteiger partial charge in [0.1, 0.15) is 0 Å². The Labute approximate surface area is 111 Å². The zero-order valence-electron chi connectivity index (χ0n) is 9.60. The minimum atomic E-state index is -3.59. The number of benzene rings is 1. The molecular weight excluding hydrogens is 278 g/mol. The molecule has 0 unspecified atom stereocenters. The number of alkyl halides is 1. The summed E-state index contributed by atoms with van der Waals surface area (Å²) < 4.78 is 25.8. The molecule has 0 aliphatic rings. The van der Waals surface area contributed by atoms with Crippen molar-refractivity contribution >= 4 is 27.4 Å². The summed E-state index contributed by atoms with van der Waals surface area (Å²) in [4.78, 5) is 11.3. The van der Waals surface area contributed by atoms with Gasteiger partial charge >= 0.3 is 0 Å². The van der Waals surface area contributed by atoms with E-state index in [4.69, 9.17) is 16.7 Å². The molecule has 0 bridgehead atoms. The van der Waals surface area contributed by atoms with Gasteiger partial charge in [-0.05, 0) is 18.6 Å². The van der Waals surface area contributed by atoms with Crippen molar-refractivity contribution in [3.05, 3.63) is 29.8 Å². The topological polar surface area (TPSA) is 83.5 Å². The van der Waals surface area contributed by atoms with E-state index in [0.29, 0.717) is 12.0 Å². The van der Waals surface area contributed by atoms with E-state index >= 15 is 0 Å². The number of Topliss-reactive ketones (excluding diaryl/α,β-unsaturated/α-hetero) is 1. The summed E-state index contributed by atoms with van der Waals surface area (Å²) in [5, 5.41) is 8.57. The summed E-state index contributed by atoms with van der Waals surface area (Å²) in [7, 11) is -3.59. The van der Waals surface area contributed by atoms with Gasteiger partial charge in [0, 0.05) is 18.7 Å². The molecule has 7 heteroatoms. The number of ketones is 1. The molecule has 5 nitrogen and oxygen atoms in total. The lowest BCUT2D eigenvalue weighted by atomic mass is 10.1. The smallest absolute Gasteiger partial charge is 0.240 e. The van der Waals surface area contributed by atoms with Crippen LogP contribution in [0, 0.1) is 0 Å².